The van der Waals surface area contributed by atoms with Crippen molar-refractivity contribution in [3.63, 3.8) is 0 Å². The lowest BCUT2D eigenvalue weighted by Gasteiger charge is -2.32. The molecule has 0 aliphatic carbocycles. The maximum atomic E-state index is 13.2. The second kappa shape index (κ2) is 7.38. The minimum absolute atomic E-state index is 0.0123. The SMILES string of the molecule is CC(C)NC(=O)[C@@H]1CCC(=O)N(CCc2cccc(F)c2)C1. The molecule has 0 aromatic heterocycles. The van der Waals surface area contributed by atoms with Gasteiger partial charge < -0.3 is 10.2 Å². The highest BCUT2D eigenvalue weighted by atomic mass is 19.1. The molecule has 0 unspecified atom stereocenters. The monoisotopic (exact) mass is 306 g/mol. The second-order valence-corrected chi connectivity index (χ2v) is 6.12. The van der Waals surface area contributed by atoms with Gasteiger partial charge in [0.15, 0.2) is 0 Å². The van der Waals surface area contributed by atoms with Crippen LogP contribution in [-0.4, -0.2) is 35.8 Å². The summed E-state index contributed by atoms with van der Waals surface area (Å²) in [6.07, 6.45) is 1.61. The van der Waals surface area contributed by atoms with Crippen LogP contribution in [0.2, 0.25) is 0 Å². The summed E-state index contributed by atoms with van der Waals surface area (Å²) in [6.45, 7) is 4.82. The first-order valence-electron chi connectivity index (χ1n) is 7.78. The minimum atomic E-state index is -0.267. The van der Waals surface area contributed by atoms with Gasteiger partial charge in [-0.25, -0.2) is 4.39 Å². The van der Waals surface area contributed by atoms with Crippen molar-refractivity contribution >= 4 is 11.8 Å². The predicted molar refractivity (Wildman–Crippen MR) is 82.7 cm³/mol. The van der Waals surface area contributed by atoms with Gasteiger partial charge in [-0.1, -0.05) is 12.1 Å². The van der Waals surface area contributed by atoms with Gasteiger partial charge in [0, 0.05) is 25.6 Å². The third kappa shape index (κ3) is 4.55. The zero-order valence-electron chi connectivity index (χ0n) is 13.1. The maximum absolute atomic E-state index is 13.2. The standard InChI is InChI=1S/C17H23FN2O2/c1-12(2)19-17(22)14-6-7-16(21)20(11-14)9-8-13-4-3-5-15(18)10-13/h3-5,10,12,14H,6-9,11H2,1-2H3,(H,19,22)/t14-/m1/s1. The van der Waals surface area contributed by atoms with E-state index < -0.39 is 0 Å². The van der Waals surface area contributed by atoms with E-state index in [9.17, 15) is 14.0 Å². The molecule has 0 bridgehead atoms. The molecule has 1 aliphatic rings. The summed E-state index contributed by atoms with van der Waals surface area (Å²) in [6, 6.07) is 6.51. The lowest BCUT2D eigenvalue weighted by molar-refractivity contribution is -0.138. The molecule has 1 aromatic carbocycles. The number of nitrogens with zero attached hydrogens (tertiary/aromatic N) is 1. The maximum Gasteiger partial charge on any atom is 0.225 e. The van der Waals surface area contributed by atoms with Crippen LogP contribution >= 0.6 is 0 Å². The molecule has 22 heavy (non-hydrogen) atoms. The van der Waals surface area contributed by atoms with E-state index in [-0.39, 0.29) is 29.6 Å². The Labute approximate surface area is 130 Å². The van der Waals surface area contributed by atoms with Crippen LogP contribution in [-0.2, 0) is 16.0 Å². The number of hydrogen-bond acceptors (Lipinski definition) is 2. The van der Waals surface area contributed by atoms with E-state index in [0.29, 0.717) is 32.4 Å². The van der Waals surface area contributed by atoms with Crippen LogP contribution in [0.25, 0.3) is 0 Å². The molecule has 1 atom stereocenters. The van der Waals surface area contributed by atoms with E-state index in [4.69, 9.17) is 0 Å². The second-order valence-electron chi connectivity index (χ2n) is 6.12. The van der Waals surface area contributed by atoms with E-state index in [1.54, 1.807) is 11.0 Å². The Morgan fingerprint density at radius 3 is 2.91 bits per heavy atom. The number of benzene rings is 1. The Morgan fingerprint density at radius 1 is 1.45 bits per heavy atom. The van der Waals surface area contributed by atoms with Crippen molar-refractivity contribution in [1.82, 2.24) is 10.2 Å². The first kappa shape index (κ1) is 16.5. The number of amides is 2. The summed E-state index contributed by atoms with van der Waals surface area (Å²) in [5, 5.41) is 2.90. The van der Waals surface area contributed by atoms with Gasteiger partial charge in [-0.2, -0.15) is 0 Å². The van der Waals surface area contributed by atoms with Crippen LogP contribution in [0.5, 0.6) is 0 Å². The Morgan fingerprint density at radius 2 is 2.23 bits per heavy atom. The third-order valence-corrected chi connectivity index (χ3v) is 3.86. The lowest BCUT2D eigenvalue weighted by Crippen LogP contribution is -2.47. The van der Waals surface area contributed by atoms with E-state index >= 15 is 0 Å². The summed E-state index contributed by atoms with van der Waals surface area (Å²) < 4.78 is 13.2. The van der Waals surface area contributed by atoms with Gasteiger partial charge in [-0.3, -0.25) is 9.59 Å². The number of hydrogen-bond donors (Lipinski definition) is 1. The number of likely N-dealkylation sites (tertiary alicyclic amines) is 1. The average Bonchev–Trinajstić information content (AvgIpc) is 2.45. The van der Waals surface area contributed by atoms with Crippen LogP contribution in [0.4, 0.5) is 4.39 Å². The van der Waals surface area contributed by atoms with Crippen LogP contribution in [0, 0.1) is 11.7 Å². The molecule has 0 saturated carbocycles. The minimum Gasteiger partial charge on any atom is -0.354 e. The Hall–Kier alpha value is -1.91. The molecule has 1 heterocycles. The highest BCUT2D eigenvalue weighted by Crippen LogP contribution is 2.18. The topological polar surface area (TPSA) is 49.4 Å². The van der Waals surface area contributed by atoms with Crippen molar-refractivity contribution in [2.24, 2.45) is 5.92 Å². The van der Waals surface area contributed by atoms with Gasteiger partial charge in [-0.15, -0.1) is 0 Å². The first-order chi connectivity index (χ1) is 10.5. The third-order valence-electron chi connectivity index (χ3n) is 3.86. The zero-order chi connectivity index (χ0) is 16.1. The fourth-order valence-corrected chi connectivity index (χ4v) is 2.70. The molecule has 1 aliphatic heterocycles. The highest BCUT2D eigenvalue weighted by molar-refractivity contribution is 5.83. The van der Waals surface area contributed by atoms with Crippen molar-refractivity contribution < 1.29 is 14.0 Å². The number of piperidine rings is 1. The van der Waals surface area contributed by atoms with Crippen LogP contribution < -0.4 is 5.32 Å². The molecule has 1 fully saturated rings. The van der Waals surface area contributed by atoms with E-state index in [1.165, 1.54) is 12.1 Å². The van der Waals surface area contributed by atoms with Crippen molar-refractivity contribution in [2.75, 3.05) is 13.1 Å². The molecular formula is C17H23FN2O2. The molecular weight excluding hydrogens is 283 g/mol. The first-order valence-corrected chi connectivity index (χ1v) is 7.78. The van der Waals surface area contributed by atoms with Crippen molar-refractivity contribution in [2.45, 2.75) is 39.2 Å². The smallest absolute Gasteiger partial charge is 0.225 e. The fourth-order valence-electron chi connectivity index (χ4n) is 2.70. The van der Waals surface area contributed by atoms with Gasteiger partial charge >= 0.3 is 0 Å². The van der Waals surface area contributed by atoms with Crippen molar-refractivity contribution in [1.29, 1.82) is 0 Å². The average molecular weight is 306 g/mol. The molecule has 4 nitrogen and oxygen atoms in total. The molecule has 0 spiro atoms. The van der Waals surface area contributed by atoms with Crippen molar-refractivity contribution in [3.05, 3.63) is 35.6 Å². The summed E-state index contributed by atoms with van der Waals surface area (Å²) >= 11 is 0. The predicted octanol–water partition coefficient (Wildman–Crippen LogP) is 2.13. The number of carbonyl (C=O) groups is 2. The number of nitrogens with one attached hydrogen (secondary N) is 1. The Balaban J connectivity index is 1.91. The van der Waals surface area contributed by atoms with Gasteiger partial charge in [0.05, 0.1) is 5.92 Å². The molecule has 0 radical (unpaired) electrons. The molecule has 2 amide bonds. The van der Waals surface area contributed by atoms with Gasteiger partial charge in [0.25, 0.3) is 0 Å². The Kier molecular flexibility index (Phi) is 5.52. The van der Waals surface area contributed by atoms with Gasteiger partial charge in [-0.05, 0) is 44.4 Å². The number of rotatable bonds is 5. The summed E-state index contributed by atoms with van der Waals surface area (Å²) in [5.41, 5.74) is 0.863. The Bertz CT molecular complexity index is 545. The van der Waals surface area contributed by atoms with Gasteiger partial charge in [0.2, 0.25) is 11.8 Å². The quantitative estimate of drug-likeness (QED) is 0.906. The number of carbonyl (C=O) groups excluding carboxylic acids is 2. The largest absolute Gasteiger partial charge is 0.354 e. The summed E-state index contributed by atoms with van der Waals surface area (Å²) in [4.78, 5) is 25.8. The molecule has 1 aromatic rings. The van der Waals surface area contributed by atoms with E-state index in [2.05, 4.69) is 5.32 Å². The van der Waals surface area contributed by atoms with Crippen LogP contribution in [0.15, 0.2) is 24.3 Å². The fraction of sp³-hybridized carbons (Fsp3) is 0.529. The summed E-state index contributed by atoms with van der Waals surface area (Å²) in [7, 11) is 0. The van der Waals surface area contributed by atoms with Crippen LogP contribution in [0.3, 0.4) is 0 Å². The molecule has 1 N–H and O–H groups in total. The lowest BCUT2D eigenvalue weighted by atomic mass is 9.96. The summed E-state index contributed by atoms with van der Waals surface area (Å²) in [5.74, 6) is -0.326. The molecule has 120 valence electrons. The number of halogens is 1. The van der Waals surface area contributed by atoms with E-state index in [1.807, 2.05) is 19.9 Å². The van der Waals surface area contributed by atoms with E-state index in [0.717, 1.165) is 5.56 Å². The normalized spacial score (nSPS) is 18.6. The highest BCUT2D eigenvalue weighted by Gasteiger charge is 2.30. The van der Waals surface area contributed by atoms with Gasteiger partial charge in [0.1, 0.15) is 5.82 Å². The molecule has 2 rings (SSSR count). The molecule has 5 heteroatoms. The van der Waals surface area contributed by atoms with Crippen molar-refractivity contribution in [3.8, 4) is 0 Å². The zero-order valence-corrected chi connectivity index (χ0v) is 13.1. The molecule has 1 saturated heterocycles. The van der Waals surface area contributed by atoms with Crippen LogP contribution in [0.1, 0.15) is 32.3 Å².